The lowest BCUT2D eigenvalue weighted by atomic mass is 9.80. The number of aliphatic hydroxyl groups excluding tert-OH is 1. The van der Waals surface area contributed by atoms with Crippen molar-refractivity contribution in [2.24, 2.45) is 4.99 Å². The number of benzene rings is 3. The maximum atomic E-state index is 13.4. The summed E-state index contributed by atoms with van der Waals surface area (Å²) in [7, 11) is 6.90. The largest absolute Gasteiger partial charge is 0.497 e. The molecule has 3 heterocycles. The molecule has 0 radical (unpaired) electrons. The van der Waals surface area contributed by atoms with Gasteiger partial charge in [-0.3, -0.25) is 9.78 Å². The van der Waals surface area contributed by atoms with Crippen molar-refractivity contribution in [1.82, 2.24) is 19.4 Å². The van der Waals surface area contributed by atoms with E-state index in [1.165, 1.54) is 0 Å². The van der Waals surface area contributed by atoms with E-state index in [4.69, 9.17) is 18.9 Å². The first-order valence-corrected chi connectivity index (χ1v) is 15.9. The Morgan fingerprint density at radius 1 is 1.02 bits per heavy atom. The monoisotopic (exact) mass is 661 g/mol. The molecule has 1 aliphatic rings. The van der Waals surface area contributed by atoms with Crippen molar-refractivity contribution in [2.75, 3.05) is 34.9 Å². The molecule has 11 heteroatoms. The molecule has 49 heavy (non-hydrogen) atoms. The second-order valence-electron chi connectivity index (χ2n) is 11.9. The number of aromatic amines is 1. The van der Waals surface area contributed by atoms with Crippen molar-refractivity contribution in [3.05, 3.63) is 118 Å². The molecular formula is C38H39N5O6. The highest BCUT2D eigenvalue weighted by Gasteiger charge is 2.42. The van der Waals surface area contributed by atoms with Crippen molar-refractivity contribution in [3.63, 3.8) is 0 Å². The third-order valence-corrected chi connectivity index (χ3v) is 8.49. The van der Waals surface area contributed by atoms with Gasteiger partial charge in [0.25, 0.3) is 5.56 Å². The minimum atomic E-state index is -1.09. The van der Waals surface area contributed by atoms with Gasteiger partial charge in [0.15, 0.2) is 0 Å². The number of rotatable bonds is 11. The van der Waals surface area contributed by atoms with Gasteiger partial charge in [-0.25, -0.2) is 9.98 Å². The lowest BCUT2D eigenvalue weighted by molar-refractivity contribution is -0.0929. The van der Waals surface area contributed by atoms with Gasteiger partial charge in [-0.15, -0.1) is 5.92 Å². The van der Waals surface area contributed by atoms with Crippen LogP contribution in [0.2, 0.25) is 0 Å². The summed E-state index contributed by atoms with van der Waals surface area (Å²) in [6, 6.07) is 25.4. The number of nitrogens with one attached hydrogen (secondary N) is 1. The predicted octanol–water partition coefficient (Wildman–Crippen LogP) is 4.99. The van der Waals surface area contributed by atoms with Crippen molar-refractivity contribution < 1.29 is 24.1 Å². The number of ether oxygens (including phenoxy) is 4. The zero-order valence-corrected chi connectivity index (χ0v) is 28.1. The van der Waals surface area contributed by atoms with Crippen LogP contribution in [0.4, 0.5) is 5.95 Å². The summed E-state index contributed by atoms with van der Waals surface area (Å²) < 4.78 is 26.1. The lowest BCUT2D eigenvalue weighted by Gasteiger charge is -2.37. The van der Waals surface area contributed by atoms with Gasteiger partial charge in [0.05, 0.1) is 38.8 Å². The van der Waals surface area contributed by atoms with Gasteiger partial charge in [-0.05, 0) is 47.9 Å². The zero-order chi connectivity index (χ0) is 34.5. The SMILES string of the molecule is CC#Cc1cn([C@H]2C[C@H](O)[C@@H](COC(c3ccccc3)(c3ccc(OC)cc3)c3ccc(OC)cc3)O2)c2c(=O)[nH]c(/N=C/N(C)C)nc12. The summed E-state index contributed by atoms with van der Waals surface area (Å²) in [6.07, 6.45) is 1.23. The summed E-state index contributed by atoms with van der Waals surface area (Å²) in [5.74, 6) is 7.53. The maximum absolute atomic E-state index is 13.4. The molecule has 0 unspecified atom stereocenters. The van der Waals surface area contributed by atoms with Crippen molar-refractivity contribution in [3.8, 4) is 23.3 Å². The van der Waals surface area contributed by atoms with Crippen molar-refractivity contribution in [1.29, 1.82) is 0 Å². The van der Waals surface area contributed by atoms with Crippen molar-refractivity contribution in [2.45, 2.75) is 37.4 Å². The number of H-pyrrole nitrogens is 1. The summed E-state index contributed by atoms with van der Waals surface area (Å²) in [5.41, 5.74) is 2.38. The maximum Gasteiger partial charge on any atom is 0.277 e. The number of hydrogen-bond donors (Lipinski definition) is 2. The van der Waals surface area contributed by atoms with Crippen LogP contribution >= 0.6 is 0 Å². The van der Waals surface area contributed by atoms with E-state index in [1.54, 1.807) is 43.1 Å². The molecule has 0 aliphatic carbocycles. The van der Waals surface area contributed by atoms with Gasteiger partial charge in [-0.2, -0.15) is 0 Å². The first-order chi connectivity index (χ1) is 23.8. The van der Waals surface area contributed by atoms with Crippen LogP contribution in [0.5, 0.6) is 11.5 Å². The molecule has 1 fully saturated rings. The Kier molecular flexibility index (Phi) is 9.82. The minimum Gasteiger partial charge on any atom is -0.497 e. The topological polar surface area (TPSA) is 123 Å². The molecule has 6 rings (SSSR count). The number of hydrogen-bond acceptors (Lipinski definition) is 8. The normalized spacial score (nSPS) is 17.6. The summed E-state index contributed by atoms with van der Waals surface area (Å²) in [4.78, 5) is 26.7. The van der Waals surface area contributed by atoms with E-state index in [2.05, 4.69) is 26.8 Å². The predicted molar refractivity (Wildman–Crippen MR) is 188 cm³/mol. The Labute approximate surface area is 284 Å². The number of nitrogens with zero attached hydrogens (tertiary/aromatic N) is 4. The fourth-order valence-electron chi connectivity index (χ4n) is 6.15. The Balaban J connectivity index is 1.37. The number of methoxy groups -OCH3 is 2. The lowest BCUT2D eigenvalue weighted by Crippen LogP contribution is -2.38. The van der Waals surface area contributed by atoms with Crippen molar-refractivity contribution >= 4 is 23.3 Å². The van der Waals surface area contributed by atoms with E-state index < -0.39 is 24.0 Å². The quantitative estimate of drug-likeness (QED) is 0.0879. The molecule has 1 saturated heterocycles. The molecule has 11 nitrogen and oxygen atoms in total. The number of fused-ring (bicyclic) bond motifs is 1. The van der Waals surface area contributed by atoms with E-state index in [9.17, 15) is 9.90 Å². The summed E-state index contributed by atoms with van der Waals surface area (Å²) >= 11 is 0. The Morgan fingerprint density at radius 3 is 2.20 bits per heavy atom. The Bertz CT molecular complexity index is 2000. The molecular weight excluding hydrogens is 622 g/mol. The first kappa shape index (κ1) is 33.5. The average molecular weight is 662 g/mol. The molecule has 0 spiro atoms. The van der Waals surface area contributed by atoms with Gasteiger partial charge in [-0.1, -0.05) is 60.5 Å². The molecule has 1 aliphatic heterocycles. The highest BCUT2D eigenvalue weighted by atomic mass is 16.6. The van der Waals surface area contributed by atoms with Crippen LogP contribution < -0.4 is 15.0 Å². The first-order valence-electron chi connectivity index (χ1n) is 15.9. The third-order valence-electron chi connectivity index (χ3n) is 8.49. The van der Waals surface area contributed by atoms with Crippen LogP contribution in [0.1, 0.15) is 41.8 Å². The number of aromatic nitrogens is 3. The molecule has 2 aromatic heterocycles. The number of aliphatic imine (C=N–C) groups is 1. The van der Waals surface area contributed by atoms with Crippen LogP contribution in [0.3, 0.4) is 0 Å². The van der Waals surface area contributed by atoms with E-state index in [0.29, 0.717) is 22.6 Å². The summed E-state index contributed by atoms with van der Waals surface area (Å²) in [5, 5.41) is 11.4. The molecule has 0 saturated carbocycles. The number of aliphatic hydroxyl groups is 1. The third kappa shape index (κ3) is 6.67. The van der Waals surface area contributed by atoms with Gasteiger partial charge >= 0.3 is 0 Å². The second-order valence-corrected chi connectivity index (χ2v) is 11.9. The van der Waals surface area contributed by atoms with Crippen LogP contribution in [0, 0.1) is 11.8 Å². The van der Waals surface area contributed by atoms with Gasteiger partial charge in [0.2, 0.25) is 5.95 Å². The molecule has 0 bridgehead atoms. The van der Waals surface area contributed by atoms with Crippen LogP contribution in [0.15, 0.2) is 94.8 Å². The Morgan fingerprint density at radius 2 is 1.63 bits per heavy atom. The fourth-order valence-corrected chi connectivity index (χ4v) is 6.15. The van der Waals surface area contributed by atoms with E-state index in [0.717, 1.165) is 16.7 Å². The molecule has 252 valence electrons. The molecule has 3 aromatic carbocycles. The van der Waals surface area contributed by atoms with Crippen LogP contribution in [-0.2, 0) is 15.1 Å². The minimum absolute atomic E-state index is 0.0312. The molecule has 2 N–H and O–H groups in total. The highest BCUT2D eigenvalue weighted by Crippen LogP contribution is 2.43. The zero-order valence-electron chi connectivity index (χ0n) is 28.1. The standard InChI is InChI=1S/C38H39N5O6/c1-6-10-25-22-43(35-34(25)40-37(41-36(35)45)39-24-42(2)3)33-21-31(44)32(49-33)23-48-38(26-11-8-7-9-12-26,27-13-17-29(46-4)18-14-27)28-15-19-30(47-5)20-16-28/h7-9,11-20,22,24,31-33,44H,21,23H2,1-5H3,(H,40,41,45)/b39-24+/t31-,32+,33+/m0/s1. The smallest absolute Gasteiger partial charge is 0.277 e. The van der Waals surface area contributed by atoms with Gasteiger partial charge in [0.1, 0.15) is 40.5 Å². The average Bonchev–Trinajstić information content (AvgIpc) is 3.68. The van der Waals surface area contributed by atoms with Gasteiger partial charge in [0, 0.05) is 26.7 Å². The van der Waals surface area contributed by atoms with E-state index >= 15 is 0 Å². The Hall–Kier alpha value is -5.41. The summed E-state index contributed by atoms with van der Waals surface area (Å²) in [6.45, 7) is 1.75. The van der Waals surface area contributed by atoms with Gasteiger partial charge < -0.3 is 33.5 Å². The molecule has 5 aromatic rings. The highest BCUT2D eigenvalue weighted by molar-refractivity contribution is 5.83. The fraction of sp³-hybridized carbons (Fsp3) is 0.289. The second kappa shape index (κ2) is 14.4. The van der Waals surface area contributed by atoms with Crippen LogP contribution in [0.25, 0.3) is 11.0 Å². The molecule has 0 amide bonds. The van der Waals surface area contributed by atoms with E-state index in [-0.39, 0.29) is 30.1 Å². The molecule has 3 atom stereocenters. The van der Waals surface area contributed by atoms with Crippen LogP contribution in [-0.4, -0.2) is 78.0 Å². The van der Waals surface area contributed by atoms with E-state index in [1.807, 2.05) is 93.0 Å².